The zero-order valence-corrected chi connectivity index (χ0v) is 11.4. The monoisotopic (exact) mass is 252 g/mol. The van der Waals surface area contributed by atoms with Crippen molar-refractivity contribution in [2.45, 2.75) is 32.6 Å². The minimum Gasteiger partial charge on any atom is -0.399 e. The Morgan fingerprint density at radius 3 is 2.74 bits per heavy atom. The number of rotatable bonds is 2. The number of nitrogens with two attached hydrogens (primary N) is 1. The van der Waals surface area contributed by atoms with Gasteiger partial charge < -0.3 is 11.1 Å². The Morgan fingerprint density at radius 1 is 1.05 bits per heavy atom. The smallest absolute Gasteiger partial charge is 0.0419 e. The summed E-state index contributed by atoms with van der Waals surface area (Å²) >= 11 is 0. The van der Waals surface area contributed by atoms with Gasteiger partial charge in [0.1, 0.15) is 0 Å². The number of fused-ring (bicyclic) bond motifs is 1. The number of nitrogen functional groups attached to an aromatic ring is 1. The van der Waals surface area contributed by atoms with Gasteiger partial charge in [0.05, 0.1) is 0 Å². The minimum atomic E-state index is 0.812. The van der Waals surface area contributed by atoms with Crippen LogP contribution in [0.3, 0.4) is 0 Å². The van der Waals surface area contributed by atoms with E-state index in [0.717, 1.165) is 11.4 Å². The Hall–Kier alpha value is -1.96. The average molecular weight is 252 g/mol. The van der Waals surface area contributed by atoms with E-state index < -0.39 is 0 Å². The van der Waals surface area contributed by atoms with Crippen molar-refractivity contribution in [2.75, 3.05) is 11.1 Å². The normalized spacial score (nSPS) is 13.9. The van der Waals surface area contributed by atoms with Crippen molar-refractivity contribution in [3.8, 4) is 0 Å². The zero-order chi connectivity index (χ0) is 13.2. The van der Waals surface area contributed by atoms with Gasteiger partial charge in [0.25, 0.3) is 0 Å². The maximum Gasteiger partial charge on any atom is 0.0419 e. The average Bonchev–Trinajstić information content (AvgIpc) is 2.38. The lowest BCUT2D eigenvalue weighted by Crippen LogP contribution is -2.06. The quantitative estimate of drug-likeness (QED) is 0.786. The van der Waals surface area contributed by atoms with Crippen LogP contribution < -0.4 is 11.1 Å². The summed E-state index contributed by atoms with van der Waals surface area (Å²) in [7, 11) is 0. The molecule has 0 aliphatic heterocycles. The molecule has 2 nitrogen and oxygen atoms in total. The fourth-order valence-corrected chi connectivity index (χ4v) is 2.94. The van der Waals surface area contributed by atoms with Gasteiger partial charge in [-0.3, -0.25) is 0 Å². The summed E-state index contributed by atoms with van der Waals surface area (Å²) in [6, 6.07) is 12.7. The van der Waals surface area contributed by atoms with Gasteiger partial charge in [0, 0.05) is 17.1 Å². The van der Waals surface area contributed by atoms with Gasteiger partial charge in [-0.25, -0.2) is 0 Å². The lowest BCUT2D eigenvalue weighted by molar-refractivity contribution is 0.687. The second-order valence-corrected chi connectivity index (χ2v) is 5.41. The molecule has 19 heavy (non-hydrogen) atoms. The van der Waals surface area contributed by atoms with Crippen molar-refractivity contribution in [3.05, 3.63) is 53.1 Å². The van der Waals surface area contributed by atoms with E-state index in [9.17, 15) is 0 Å². The van der Waals surface area contributed by atoms with Gasteiger partial charge in [0.2, 0.25) is 0 Å². The Bertz CT molecular complexity index is 582. The van der Waals surface area contributed by atoms with Crippen molar-refractivity contribution < 1.29 is 0 Å². The highest BCUT2D eigenvalue weighted by atomic mass is 14.9. The van der Waals surface area contributed by atoms with E-state index in [2.05, 4.69) is 36.5 Å². The summed E-state index contributed by atoms with van der Waals surface area (Å²) in [6.45, 7) is 2.07. The highest BCUT2D eigenvalue weighted by molar-refractivity contribution is 5.68. The van der Waals surface area contributed by atoms with Crippen LogP contribution in [0.4, 0.5) is 17.1 Å². The van der Waals surface area contributed by atoms with Crippen LogP contribution in [-0.4, -0.2) is 0 Å². The van der Waals surface area contributed by atoms with Crippen molar-refractivity contribution in [1.82, 2.24) is 0 Å². The number of benzene rings is 2. The van der Waals surface area contributed by atoms with Crippen LogP contribution in [-0.2, 0) is 12.8 Å². The fraction of sp³-hybridized carbons (Fsp3) is 0.294. The van der Waals surface area contributed by atoms with E-state index in [1.54, 1.807) is 0 Å². The van der Waals surface area contributed by atoms with Gasteiger partial charge in [-0.1, -0.05) is 12.1 Å². The predicted molar refractivity (Wildman–Crippen MR) is 82.0 cm³/mol. The molecule has 0 saturated carbocycles. The minimum absolute atomic E-state index is 0.812. The van der Waals surface area contributed by atoms with Gasteiger partial charge in [-0.05, 0) is 73.6 Å². The molecule has 0 saturated heterocycles. The molecule has 1 aliphatic carbocycles. The second-order valence-electron chi connectivity index (χ2n) is 5.41. The highest BCUT2D eigenvalue weighted by Gasteiger charge is 2.12. The third kappa shape index (κ3) is 2.58. The van der Waals surface area contributed by atoms with Gasteiger partial charge in [-0.2, -0.15) is 0 Å². The van der Waals surface area contributed by atoms with E-state index in [-0.39, 0.29) is 0 Å². The number of hydrogen-bond donors (Lipinski definition) is 2. The van der Waals surface area contributed by atoms with Gasteiger partial charge >= 0.3 is 0 Å². The molecule has 0 heterocycles. The summed E-state index contributed by atoms with van der Waals surface area (Å²) in [6.07, 6.45) is 5.00. The zero-order valence-electron chi connectivity index (χ0n) is 11.4. The standard InChI is InChI=1S/C17H20N2/c1-12-9-14(18)11-15(10-12)19-17-8-4-6-13-5-2-3-7-16(13)17/h4,6,8-11,19H,2-3,5,7,18H2,1H3. The first kappa shape index (κ1) is 12.1. The Balaban J connectivity index is 1.95. The summed E-state index contributed by atoms with van der Waals surface area (Å²) in [5, 5.41) is 3.53. The molecule has 0 bridgehead atoms. The summed E-state index contributed by atoms with van der Waals surface area (Å²) < 4.78 is 0. The SMILES string of the molecule is Cc1cc(N)cc(Nc2cccc3c2CCCC3)c1. The summed E-state index contributed by atoms with van der Waals surface area (Å²) in [4.78, 5) is 0. The molecule has 98 valence electrons. The molecule has 0 unspecified atom stereocenters. The molecule has 2 aromatic rings. The van der Waals surface area contributed by atoms with Gasteiger partial charge in [0.15, 0.2) is 0 Å². The molecule has 1 aliphatic rings. The summed E-state index contributed by atoms with van der Waals surface area (Å²) in [5.74, 6) is 0. The lowest BCUT2D eigenvalue weighted by Gasteiger charge is -2.20. The Morgan fingerprint density at radius 2 is 1.89 bits per heavy atom. The van der Waals surface area contributed by atoms with Crippen molar-refractivity contribution in [1.29, 1.82) is 0 Å². The maximum atomic E-state index is 5.91. The van der Waals surface area contributed by atoms with E-state index >= 15 is 0 Å². The van der Waals surface area contributed by atoms with E-state index in [1.165, 1.54) is 48.1 Å². The number of anilines is 3. The molecule has 0 aromatic heterocycles. The number of aryl methyl sites for hydroxylation is 2. The molecule has 2 aromatic carbocycles. The molecule has 2 heteroatoms. The predicted octanol–water partition coefficient (Wildman–Crippen LogP) is 4.20. The van der Waals surface area contributed by atoms with Gasteiger partial charge in [-0.15, -0.1) is 0 Å². The van der Waals surface area contributed by atoms with E-state index in [1.807, 2.05) is 12.1 Å². The maximum absolute atomic E-state index is 5.91. The fourth-order valence-electron chi connectivity index (χ4n) is 2.94. The third-order valence-corrected chi connectivity index (χ3v) is 3.77. The topological polar surface area (TPSA) is 38.0 Å². The van der Waals surface area contributed by atoms with Crippen LogP contribution in [0.25, 0.3) is 0 Å². The highest BCUT2D eigenvalue weighted by Crippen LogP contribution is 2.30. The number of nitrogens with one attached hydrogen (secondary N) is 1. The molecule has 0 radical (unpaired) electrons. The molecular weight excluding hydrogens is 232 g/mol. The number of hydrogen-bond acceptors (Lipinski definition) is 2. The van der Waals surface area contributed by atoms with Crippen molar-refractivity contribution >= 4 is 17.1 Å². The van der Waals surface area contributed by atoms with Crippen LogP contribution >= 0.6 is 0 Å². The first-order valence-electron chi connectivity index (χ1n) is 6.97. The van der Waals surface area contributed by atoms with E-state index in [0.29, 0.717) is 0 Å². The van der Waals surface area contributed by atoms with E-state index in [4.69, 9.17) is 5.73 Å². The molecule has 0 spiro atoms. The van der Waals surface area contributed by atoms with Crippen LogP contribution in [0.2, 0.25) is 0 Å². The van der Waals surface area contributed by atoms with Crippen molar-refractivity contribution in [3.63, 3.8) is 0 Å². The summed E-state index contributed by atoms with van der Waals surface area (Å²) in [5.41, 5.74) is 13.2. The second kappa shape index (κ2) is 4.96. The molecule has 3 rings (SSSR count). The molecule has 0 atom stereocenters. The lowest BCUT2D eigenvalue weighted by atomic mass is 9.90. The largest absolute Gasteiger partial charge is 0.399 e. The molecule has 3 N–H and O–H groups in total. The third-order valence-electron chi connectivity index (χ3n) is 3.77. The Kier molecular flexibility index (Phi) is 3.16. The van der Waals surface area contributed by atoms with Crippen molar-refractivity contribution in [2.24, 2.45) is 0 Å². The first-order valence-corrected chi connectivity index (χ1v) is 6.97. The Labute approximate surface area is 114 Å². The molecule has 0 fully saturated rings. The van der Waals surface area contributed by atoms with Crippen LogP contribution in [0.5, 0.6) is 0 Å². The van der Waals surface area contributed by atoms with Crippen LogP contribution in [0.15, 0.2) is 36.4 Å². The van der Waals surface area contributed by atoms with Crippen LogP contribution in [0, 0.1) is 6.92 Å². The first-order chi connectivity index (χ1) is 9.22. The molecular formula is C17H20N2. The molecule has 0 amide bonds. The van der Waals surface area contributed by atoms with Crippen LogP contribution in [0.1, 0.15) is 29.5 Å².